The molecular weight excluding hydrogens is 401 g/mol. The van der Waals surface area contributed by atoms with Crippen LogP contribution in [-0.2, 0) is 11.3 Å². The van der Waals surface area contributed by atoms with Gasteiger partial charge in [-0.1, -0.05) is 43.0 Å². The molecule has 3 aromatic rings. The standard InChI is InChI=1S/C23H24FN3O2S/c1-16-10-12-26(13-11-16)21(28)15-30-23-25-20-5-3-2-4-19(20)22(29)27(23)14-17-6-8-18(24)9-7-17/h2-9,16H,10-15H2,1H3. The largest absolute Gasteiger partial charge is 0.342 e. The van der Waals surface area contributed by atoms with Crippen molar-refractivity contribution in [3.63, 3.8) is 0 Å². The number of thioether (sulfide) groups is 1. The van der Waals surface area contributed by atoms with Crippen molar-refractivity contribution in [1.82, 2.24) is 14.5 Å². The van der Waals surface area contributed by atoms with Crippen LogP contribution in [0.4, 0.5) is 4.39 Å². The Morgan fingerprint density at radius 1 is 1.13 bits per heavy atom. The molecule has 1 aliphatic heterocycles. The van der Waals surface area contributed by atoms with Crippen molar-refractivity contribution in [2.45, 2.75) is 31.5 Å². The number of piperidine rings is 1. The van der Waals surface area contributed by atoms with Gasteiger partial charge in [-0.2, -0.15) is 0 Å². The Morgan fingerprint density at radius 3 is 2.57 bits per heavy atom. The Bertz CT molecular complexity index is 1110. The fourth-order valence-corrected chi connectivity index (χ4v) is 4.55. The van der Waals surface area contributed by atoms with Crippen LogP contribution in [0.25, 0.3) is 10.9 Å². The van der Waals surface area contributed by atoms with Crippen LogP contribution < -0.4 is 5.56 Å². The monoisotopic (exact) mass is 425 g/mol. The van der Waals surface area contributed by atoms with E-state index in [0.717, 1.165) is 31.5 Å². The molecule has 5 nitrogen and oxygen atoms in total. The second-order valence-electron chi connectivity index (χ2n) is 7.78. The molecule has 1 aromatic heterocycles. The Morgan fingerprint density at radius 2 is 1.83 bits per heavy atom. The summed E-state index contributed by atoms with van der Waals surface area (Å²) in [7, 11) is 0. The van der Waals surface area contributed by atoms with Gasteiger partial charge in [-0.05, 0) is 48.6 Å². The van der Waals surface area contributed by atoms with E-state index in [1.165, 1.54) is 23.9 Å². The fourth-order valence-electron chi connectivity index (χ4n) is 3.65. The van der Waals surface area contributed by atoms with Crippen molar-refractivity contribution in [3.8, 4) is 0 Å². The average molecular weight is 426 g/mol. The lowest BCUT2D eigenvalue weighted by Gasteiger charge is -2.30. The molecule has 1 amide bonds. The number of rotatable bonds is 5. The number of fused-ring (bicyclic) bond motifs is 1. The topological polar surface area (TPSA) is 55.2 Å². The minimum Gasteiger partial charge on any atom is -0.342 e. The van der Waals surface area contributed by atoms with Crippen molar-refractivity contribution >= 4 is 28.6 Å². The summed E-state index contributed by atoms with van der Waals surface area (Å²) in [5.41, 5.74) is 1.25. The van der Waals surface area contributed by atoms with E-state index in [-0.39, 0.29) is 29.6 Å². The average Bonchev–Trinajstić information content (AvgIpc) is 2.76. The number of amides is 1. The van der Waals surface area contributed by atoms with E-state index in [2.05, 4.69) is 11.9 Å². The molecule has 156 valence electrons. The van der Waals surface area contributed by atoms with Crippen molar-refractivity contribution < 1.29 is 9.18 Å². The van der Waals surface area contributed by atoms with Gasteiger partial charge in [0, 0.05) is 13.1 Å². The second kappa shape index (κ2) is 9.00. The van der Waals surface area contributed by atoms with Gasteiger partial charge in [-0.25, -0.2) is 9.37 Å². The van der Waals surface area contributed by atoms with Gasteiger partial charge >= 0.3 is 0 Å². The lowest BCUT2D eigenvalue weighted by atomic mass is 9.99. The third kappa shape index (κ3) is 4.56. The number of hydrogen-bond donors (Lipinski definition) is 0. The maximum absolute atomic E-state index is 13.3. The van der Waals surface area contributed by atoms with Crippen molar-refractivity contribution in [2.24, 2.45) is 5.92 Å². The lowest BCUT2D eigenvalue weighted by molar-refractivity contribution is -0.129. The molecule has 2 aromatic carbocycles. The van der Waals surface area contributed by atoms with Crippen LogP contribution in [0.15, 0.2) is 58.5 Å². The Kier molecular flexibility index (Phi) is 6.18. The first-order chi connectivity index (χ1) is 14.5. The van der Waals surface area contributed by atoms with E-state index in [4.69, 9.17) is 0 Å². The zero-order valence-corrected chi connectivity index (χ0v) is 17.7. The molecule has 0 unspecified atom stereocenters. The van der Waals surface area contributed by atoms with Crippen LogP contribution in [-0.4, -0.2) is 39.2 Å². The van der Waals surface area contributed by atoms with E-state index < -0.39 is 0 Å². The number of hydrogen-bond acceptors (Lipinski definition) is 4. The van der Waals surface area contributed by atoms with E-state index in [1.54, 1.807) is 34.9 Å². The Labute approximate surface area is 178 Å². The second-order valence-corrected chi connectivity index (χ2v) is 8.72. The molecule has 7 heteroatoms. The maximum atomic E-state index is 13.3. The maximum Gasteiger partial charge on any atom is 0.262 e. The summed E-state index contributed by atoms with van der Waals surface area (Å²) in [4.78, 5) is 32.4. The van der Waals surface area contributed by atoms with E-state index in [1.807, 2.05) is 11.0 Å². The molecule has 0 radical (unpaired) electrons. The number of para-hydroxylation sites is 1. The normalized spacial score (nSPS) is 14.9. The van der Waals surface area contributed by atoms with Gasteiger partial charge in [0.25, 0.3) is 5.56 Å². The van der Waals surface area contributed by atoms with Crippen LogP contribution in [0, 0.1) is 11.7 Å². The molecule has 4 rings (SSSR count). The van der Waals surface area contributed by atoms with Crippen LogP contribution in [0.1, 0.15) is 25.3 Å². The van der Waals surface area contributed by atoms with Crippen molar-refractivity contribution in [2.75, 3.05) is 18.8 Å². The molecule has 0 aliphatic carbocycles. The zero-order valence-electron chi connectivity index (χ0n) is 16.9. The quantitative estimate of drug-likeness (QED) is 0.459. The highest BCUT2D eigenvalue weighted by Crippen LogP contribution is 2.22. The summed E-state index contributed by atoms with van der Waals surface area (Å²) in [5.74, 6) is 0.647. The number of likely N-dealkylation sites (tertiary alicyclic amines) is 1. The molecule has 30 heavy (non-hydrogen) atoms. The third-order valence-electron chi connectivity index (χ3n) is 5.54. The number of halogens is 1. The first-order valence-electron chi connectivity index (χ1n) is 10.2. The van der Waals surface area contributed by atoms with Gasteiger partial charge in [0.05, 0.1) is 23.2 Å². The molecule has 0 saturated carbocycles. The van der Waals surface area contributed by atoms with Gasteiger partial charge < -0.3 is 4.90 Å². The van der Waals surface area contributed by atoms with Gasteiger partial charge in [0.1, 0.15) is 5.82 Å². The first kappa shape index (κ1) is 20.6. The zero-order chi connectivity index (χ0) is 21.1. The van der Waals surface area contributed by atoms with Gasteiger partial charge in [-0.3, -0.25) is 14.2 Å². The predicted molar refractivity (Wildman–Crippen MR) is 117 cm³/mol. The number of nitrogens with zero attached hydrogens (tertiary/aromatic N) is 3. The number of benzene rings is 2. The van der Waals surface area contributed by atoms with Crippen LogP contribution in [0.3, 0.4) is 0 Å². The van der Waals surface area contributed by atoms with Crippen LogP contribution >= 0.6 is 11.8 Å². The summed E-state index contributed by atoms with van der Waals surface area (Å²) in [6.45, 7) is 4.06. The molecular formula is C23H24FN3O2S. The molecule has 1 fully saturated rings. The van der Waals surface area contributed by atoms with Crippen LogP contribution in [0.5, 0.6) is 0 Å². The Hall–Kier alpha value is -2.67. The highest BCUT2D eigenvalue weighted by atomic mass is 32.2. The van der Waals surface area contributed by atoms with Crippen LogP contribution in [0.2, 0.25) is 0 Å². The molecule has 1 saturated heterocycles. The van der Waals surface area contributed by atoms with Gasteiger partial charge in [0.15, 0.2) is 5.16 Å². The number of aromatic nitrogens is 2. The number of carbonyl (C=O) groups is 1. The smallest absolute Gasteiger partial charge is 0.262 e. The van der Waals surface area contributed by atoms with Crippen molar-refractivity contribution in [3.05, 3.63) is 70.3 Å². The molecule has 0 bridgehead atoms. The molecule has 0 atom stereocenters. The summed E-state index contributed by atoms with van der Waals surface area (Å²) in [5, 5.41) is 1.03. The molecule has 0 N–H and O–H groups in total. The SMILES string of the molecule is CC1CCN(C(=O)CSc2nc3ccccc3c(=O)n2Cc2ccc(F)cc2)CC1. The first-order valence-corrected chi connectivity index (χ1v) is 11.1. The summed E-state index contributed by atoms with van der Waals surface area (Å²) < 4.78 is 14.9. The minimum atomic E-state index is -0.321. The highest BCUT2D eigenvalue weighted by Gasteiger charge is 2.21. The van der Waals surface area contributed by atoms with E-state index in [0.29, 0.717) is 22.0 Å². The summed E-state index contributed by atoms with van der Waals surface area (Å²) in [6, 6.07) is 13.3. The fraction of sp³-hybridized carbons (Fsp3) is 0.348. The molecule has 2 heterocycles. The van der Waals surface area contributed by atoms with Gasteiger partial charge in [-0.15, -0.1) is 0 Å². The summed E-state index contributed by atoms with van der Waals surface area (Å²) in [6.07, 6.45) is 2.06. The lowest BCUT2D eigenvalue weighted by Crippen LogP contribution is -2.39. The Balaban J connectivity index is 1.61. The number of carbonyl (C=O) groups excluding carboxylic acids is 1. The molecule has 0 spiro atoms. The van der Waals surface area contributed by atoms with E-state index >= 15 is 0 Å². The predicted octanol–water partition coefficient (Wildman–Crippen LogP) is 3.93. The van der Waals surface area contributed by atoms with E-state index in [9.17, 15) is 14.0 Å². The molecule has 1 aliphatic rings. The van der Waals surface area contributed by atoms with Gasteiger partial charge in [0.2, 0.25) is 5.91 Å². The van der Waals surface area contributed by atoms with Crippen molar-refractivity contribution in [1.29, 1.82) is 0 Å². The highest BCUT2D eigenvalue weighted by molar-refractivity contribution is 7.99. The third-order valence-corrected chi connectivity index (χ3v) is 6.50. The minimum absolute atomic E-state index is 0.0719. The summed E-state index contributed by atoms with van der Waals surface area (Å²) >= 11 is 1.29.